The third-order valence-corrected chi connectivity index (χ3v) is 8.44. The Morgan fingerprint density at radius 3 is 2.67 bits per heavy atom. The van der Waals surface area contributed by atoms with Crippen LogP contribution in [0.5, 0.6) is 0 Å². The average Bonchev–Trinajstić information content (AvgIpc) is 3.48. The first kappa shape index (κ1) is 21.2. The molecule has 1 aromatic heterocycles. The van der Waals surface area contributed by atoms with Gasteiger partial charge in [0.1, 0.15) is 6.42 Å². The van der Waals surface area contributed by atoms with Crippen molar-refractivity contribution in [2.45, 2.75) is 82.4 Å². The molecule has 0 amide bonds. The van der Waals surface area contributed by atoms with Crippen molar-refractivity contribution in [3.05, 3.63) is 40.7 Å². The van der Waals surface area contributed by atoms with Crippen molar-refractivity contribution in [3.63, 3.8) is 0 Å². The van der Waals surface area contributed by atoms with Gasteiger partial charge in [-0.1, -0.05) is 18.2 Å². The Morgan fingerprint density at radius 1 is 1.18 bits per heavy atom. The second-order valence-corrected chi connectivity index (χ2v) is 11.4. The molecule has 2 unspecified atom stereocenters. The fourth-order valence-corrected chi connectivity index (χ4v) is 7.52. The first-order valence-corrected chi connectivity index (χ1v) is 12.4. The Hall–Kier alpha value is -2.32. The summed E-state index contributed by atoms with van der Waals surface area (Å²) >= 11 is 0. The van der Waals surface area contributed by atoms with E-state index in [1.54, 1.807) is 4.68 Å². The Bertz CT molecular complexity index is 1050. The number of aliphatic carboxylic acids is 1. The first-order chi connectivity index (χ1) is 15.9. The van der Waals surface area contributed by atoms with Crippen LogP contribution in [-0.2, 0) is 24.3 Å². The minimum atomic E-state index is -0.930. The van der Waals surface area contributed by atoms with Crippen LogP contribution in [-0.4, -0.2) is 48.5 Å². The number of tetrazole rings is 1. The summed E-state index contributed by atoms with van der Waals surface area (Å²) in [7, 11) is 0. The highest BCUT2D eigenvalue weighted by molar-refractivity contribution is 5.68. The quantitative estimate of drug-likeness (QED) is 0.537. The molecule has 0 aliphatic heterocycles. The summed E-state index contributed by atoms with van der Waals surface area (Å²) in [5.74, 6) is 1.47. The normalized spacial score (nSPS) is 32.4. The highest BCUT2D eigenvalue weighted by atomic mass is 16.4. The van der Waals surface area contributed by atoms with Crippen LogP contribution in [0.3, 0.4) is 0 Å². The Labute approximate surface area is 193 Å². The van der Waals surface area contributed by atoms with E-state index in [4.69, 9.17) is 5.11 Å². The number of carboxylic acid groups (broad SMARTS) is 1. The number of hydrogen-bond donors (Lipinski definition) is 3. The minimum absolute atomic E-state index is 0.174. The third kappa shape index (κ3) is 4.30. The number of aliphatic hydroxyl groups is 1. The lowest BCUT2D eigenvalue weighted by Crippen LogP contribution is -2.58. The van der Waals surface area contributed by atoms with E-state index < -0.39 is 11.6 Å². The van der Waals surface area contributed by atoms with E-state index in [2.05, 4.69) is 39.0 Å². The first-order valence-electron chi connectivity index (χ1n) is 12.4. The summed E-state index contributed by atoms with van der Waals surface area (Å²) < 4.78 is 1.60. The average molecular weight is 452 g/mol. The van der Waals surface area contributed by atoms with Crippen molar-refractivity contribution in [3.8, 4) is 0 Å². The number of carbonyl (C=O) groups is 1. The molecule has 0 saturated heterocycles. The summed E-state index contributed by atoms with van der Waals surface area (Å²) in [5, 5.41) is 35.4. The van der Waals surface area contributed by atoms with Gasteiger partial charge in [-0.05, 0) is 102 Å². The van der Waals surface area contributed by atoms with Gasteiger partial charge in [0.2, 0.25) is 0 Å². The van der Waals surface area contributed by atoms with Crippen LogP contribution in [0.1, 0.15) is 79.8 Å². The molecule has 5 aliphatic carbocycles. The van der Waals surface area contributed by atoms with Crippen LogP contribution < -0.4 is 5.32 Å². The predicted molar refractivity (Wildman–Crippen MR) is 120 cm³/mol. The van der Waals surface area contributed by atoms with E-state index in [0.717, 1.165) is 44.2 Å². The molecule has 1 heterocycles. The van der Waals surface area contributed by atoms with Crippen molar-refractivity contribution in [1.82, 2.24) is 25.5 Å². The molecule has 5 fully saturated rings. The van der Waals surface area contributed by atoms with Crippen LogP contribution >= 0.6 is 0 Å². The molecular formula is C25H33N5O3. The SMILES string of the molecule is O=C(O)Cc1nnnn1Cc1ccc(CNCC23CC4CC(CC(O)(C4)C2)C3)cc1C1CC1. The van der Waals surface area contributed by atoms with Crippen LogP contribution in [0.4, 0.5) is 0 Å². The van der Waals surface area contributed by atoms with Gasteiger partial charge in [0, 0.05) is 13.1 Å². The topological polar surface area (TPSA) is 113 Å². The number of nitrogens with zero attached hydrogens (tertiary/aromatic N) is 4. The van der Waals surface area contributed by atoms with Crippen molar-refractivity contribution < 1.29 is 15.0 Å². The van der Waals surface area contributed by atoms with E-state index in [1.165, 1.54) is 48.8 Å². The molecule has 5 aliphatic rings. The zero-order chi connectivity index (χ0) is 22.6. The van der Waals surface area contributed by atoms with Crippen LogP contribution in [0.25, 0.3) is 0 Å². The number of aromatic nitrogens is 4. The highest BCUT2D eigenvalue weighted by Crippen LogP contribution is 2.61. The van der Waals surface area contributed by atoms with Gasteiger partial charge in [-0.15, -0.1) is 5.10 Å². The molecule has 5 saturated carbocycles. The summed E-state index contributed by atoms with van der Waals surface area (Å²) in [6.45, 7) is 2.33. The van der Waals surface area contributed by atoms with E-state index in [-0.39, 0.29) is 11.8 Å². The van der Waals surface area contributed by atoms with E-state index >= 15 is 0 Å². The number of carboxylic acids is 1. The van der Waals surface area contributed by atoms with Gasteiger partial charge >= 0.3 is 5.97 Å². The molecule has 176 valence electrons. The number of benzene rings is 1. The van der Waals surface area contributed by atoms with Crippen molar-refractivity contribution in [1.29, 1.82) is 0 Å². The second-order valence-electron chi connectivity index (χ2n) is 11.4. The Balaban J connectivity index is 1.13. The smallest absolute Gasteiger partial charge is 0.311 e. The third-order valence-electron chi connectivity index (χ3n) is 8.44. The van der Waals surface area contributed by atoms with E-state index in [9.17, 15) is 9.90 Å². The molecule has 8 heteroatoms. The fraction of sp³-hybridized carbons (Fsp3) is 0.680. The largest absolute Gasteiger partial charge is 0.481 e. The van der Waals surface area contributed by atoms with E-state index in [0.29, 0.717) is 18.3 Å². The number of hydrogen-bond acceptors (Lipinski definition) is 6. The van der Waals surface area contributed by atoms with E-state index in [1.807, 2.05) is 0 Å². The fourth-order valence-electron chi connectivity index (χ4n) is 7.52. The standard InChI is InChI=1S/C25H33N5O3/c31-23(32)7-22-27-28-29-30(22)13-20-2-1-16(6-21(20)19-3-4-19)12-26-15-24-8-17-5-18(9-24)11-25(33,10-17)14-24/h1-2,6,17-19,26,33H,3-5,7-15H2,(H,31,32). The van der Waals surface area contributed by atoms with Gasteiger partial charge in [0.15, 0.2) is 5.82 Å². The van der Waals surface area contributed by atoms with Gasteiger partial charge in [-0.2, -0.15) is 0 Å². The molecule has 7 rings (SSSR count). The Kier molecular flexibility index (Phi) is 5.07. The maximum atomic E-state index is 11.1. The zero-order valence-electron chi connectivity index (χ0n) is 19.0. The van der Waals surface area contributed by atoms with Crippen LogP contribution in [0.2, 0.25) is 0 Å². The van der Waals surface area contributed by atoms with Gasteiger partial charge in [-0.25, -0.2) is 4.68 Å². The summed E-state index contributed by atoms with van der Waals surface area (Å²) in [5.41, 5.74) is 3.67. The molecule has 0 radical (unpaired) electrons. The zero-order valence-corrected chi connectivity index (χ0v) is 19.0. The lowest BCUT2D eigenvalue weighted by atomic mass is 9.48. The minimum Gasteiger partial charge on any atom is -0.481 e. The van der Waals surface area contributed by atoms with Gasteiger partial charge in [0.05, 0.1) is 12.1 Å². The van der Waals surface area contributed by atoms with Crippen LogP contribution in [0, 0.1) is 17.3 Å². The van der Waals surface area contributed by atoms with Gasteiger partial charge < -0.3 is 15.5 Å². The molecule has 8 nitrogen and oxygen atoms in total. The molecule has 2 atom stereocenters. The van der Waals surface area contributed by atoms with Crippen LogP contribution in [0.15, 0.2) is 18.2 Å². The summed E-state index contributed by atoms with van der Waals surface area (Å²) in [4.78, 5) is 11.1. The lowest BCUT2D eigenvalue weighted by Gasteiger charge is -2.60. The van der Waals surface area contributed by atoms with Crippen molar-refractivity contribution in [2.75, 3.05) is 6.54 Å². The molecule has 1 aromatic carbocycles. The van der Waals surface area contributed by atoms with Crippen molar-refractivity contribution >= 4 is 5.97 Å². The maximum absolute atomic E-state index is 11.1. The summed E-state index contributed by atoms with van der Waals surface area (Å²) in [6, 6.07) is 6.64. The molecule has 3 N–H and O–H groups in total. The predicted octanol–water partition coefficient (Wildman–Crippen LogP) is 2.65. The van der Waals surface area contributed by atoms with Crippen molar-refractivity contribution in [2.24, 2.45) is 17.3 Å². The molecule has 4 bridgehead atoms. The highest BCUT2D eigenvalue weighted by Gasteiger charge is 2.56. The molecule has 2 aromatic rings. The van der Waals surface area contributed by atoms with Gasteiger partial charge in [-0.3, -0.25) is 4.79 Å². The number of nitrogens with one attached hydrogen (secondary N) is 1. The molecule has 33 heavy (non-hydrogen) atoms. The maximum Gasteiger partial charge on any atom is 0.311 e. The molecule has 0 spiro atoms. The molecular weight excluding hydrogens is 418 g/mol. The Morgan fingerprint density at radius 2 is 1.97 bits per heavy atom. The lowest BCUT2D eigenvalue weighted by molar-refractivity contribution is -0.162. The summed E-state index contributed by atoms with van der Waals surface area (Å²) in [6.07, 6.45) is 9.11. The number of rotatable bonds is 9. The second kappa shape index (κ2) is 7.87. The van der Waals surface area contributed by atoms with Gasteiger partial charge in [0.25, 0.3) is 0 Å². The monoisotopic (exact) mass is 451 g/mol.